The number of morpholine rings is 1. The molecule has 0 spiro atoms. The molecule has 28 heavy (non-hydrogen) atoms. The number of carbonyl (C=O) groups excluding carboxylic acids is 1. The lowest BCUT2D eigenvalue weighted by Crippen LogP contribution is -2.49. The van der Waals surface area contributed by atoms with Crippen LogP contribution in [0.5, 0.6) is 0 Å². The summed E-state index contributed by atoms with van der Waals surface area (Å²) < 4.78 is 12.2. The van der Waals surface area contributed by atoms with E-state index in [4.69, 9.17) is 9.47 Å². The van der Waals surface area contributed by atoms with Crippen LogP contribution in [0.3, 0.4) is 0 Å². The maximum atomic E-state index is 12.9. The number of nitrogens with zero attached hydrogens (tertiary/aromatic N) is 1. The van der Waals surface area contributed by atoms with E-state index >= 15 is 0 Å². The zero-order valence-electron chi connectivity index (χ0n) is 15.3. The number of carbonyl (C=O) groups is 1. The summed E-state index contributed by atoms with van der Waals surface area (Å²) in [5.74, 6) is -0.223. The van der Waals surface area contributed by atoms with Gasteiger partial charge in [0, 0.05) is 0 Å². The molecule has 0 aromatic heterocycles. The van der Waals surface area contributed by atoms with Crippen molar-refractivity contribution in [2.45, 2.75) is 24.4 Å². The van der Waals surface area contributed by atoms with Crippen LogP contribution in [0.2, 0.25) is 0 Å². The molecule has 0 unspecified atom stereocenters. The fourth-order valence-corrected chi connectivity index (χ4v) is 4.24. The number of hydrogen-bond donors (Lipinski definition) is 0. The highest BCUT2D eigenvalue weighted by atomic mass is 16.6. The van der Waals surface area contributed by atoms with Gasteiger partial charge in [-0.2, -0.15) is 0 Å². The van der Waals surface area contributed by atoms with Crippen molar-refractivity contribution in [1.29, 1.82) is 0 Å². The molecule has 0 bridgehead atoms. The van der Waals surface area contributed by atoms with Crippen LogP contribution in [0.1, 0.15) is 35.1 Å². The Morgan fingerprint density at radius 1 is 0.714 bits per heavy atom. The van der Waals surface area contributed by atoms with Crippen LogP contribution in [0, 0.1) is 0 Å². The molecular weight excluding hydrogens is 350 g/mol. The number of fused-ring (bicyclic) bond motifs is 1. The van der Waals surface area contributed by atoms with Crippen molar-refractivity contribution >= 4 is 5.97 Å². The van der Waals surface area contributed by atoms with Gasteiger partial charge in [0.05, 0.1) is 6.04 Å². The van der Waals surface area contributed by atoms with E-state index in [1.807, 2.05) is 66.7 Å². The van der Waals surface area contributed by atoms with Gasteiger partial charge in [-0.1, -0.05) is 91.0 Å². The zero-order valence-corrected chi connectivity index (χ0v) is 15.3. The summed E-state index contributed by atoms with van der Waals surface area (Å²) in [6, 6.07) is 29.7. The average molecular weight is 371 g/mol. The van der Waals surface area contributed by atoms with E-state index in [9.17, 15) is 4.79 Å². The second-order valence-corrected chi connectivity index (χ2v) is 7.18. The summed E-state index contributed by atoms with van der Waals surface area (Å²) >= 11 is 0. The van der Waals surface area contributed by atoms with Crippen LogP contribution in [-0.4, -0.2) is 23.5 Å². The molecule has 2 aliphatic rings. The molecule has 0 saturated carbocycles. The van der Waals surface area contributed by atoms with Crippen molar-refractivity contribution < 1.29 is 14.3 Å². The van der Waals surface area contributed by atoms with Gasteiger partial charge in [0.25, 0.3) is 0 Å². The van der Waals surface area contributed by atoms with Crippen molar-refractivity contribution in [3.63, 3.8) is 0 Å². The third-order valence-corrected chi connectivity index (χ3v) is 5.54. The molecule has 4 nitrogen and oxygen atoms in total. The van der Waals surface area contributed by atoms with Crippen LogP contribution < -0.4 is 0 Å². The molecule has 140 valence electrons. The summed E-state index contributed by atoms with van der Waals surface area (Å²) in [5.41, 5.74) is 3.15. The maximum Gasteiger partial charge on any atom is 0.326 e. The summed E-state index contributed by atoms with van der Waals surface area (Å²) in [6.07, 6.45) is -0.681. The predicted octanol–water partition coefficient (Wildman–Crippen LogP) is 4.43. The van der Waals surface area contributed by atoms with Gasteiger partial charge in [0.1, 0.15) is 25.0 Å². The molecule has 2 saturated heterocycles. The second kappa shape index (κ2) is 7.23. The van der Waals surface area contributed by atoms with Gasteiger partial charge in [0.2, 0.25) is 0 Å². The largest absolute Gasteiger partial charge is 0.462 e. The average Bonchev–Trinajstić information content (AvgIpc) is 3.17. The molecule has 0 amide bonds. The van der Waals surface area contributed by atoms with Gasteiger partial charge >= 0.3 is 5.97 Å². The van der Waals surface area contributed by atoms with E-state index in [0.717, 1.165) is 16.7 Å². The Kier molecular flexibility index (Phi) is 4.43. The summed E-state index contributed by atoms with van der Waals surface area (Å²) in [4.78, 5) is 15.1. The first-order valence-electron chi connectivity index (χ1n) is 9.57. The maximum absolute atomic E-state index is 12.9. The van der Waals surface area contributed by atoms with Crippen LogP contribution in [-0.2, 0) is 14.3 Å². The summed E-state index contributed by atoms with van der Waals surface area (Å²) in [7, 11) is 0. The Hall–Kier alpha value is -2.95. The van der Waals surface area contributed by atoms with E-state index in [0.29, 0.717) is 6.61 Å². The number of benzene rings is 3. The number of rotatable bonds is 3. The van der Waals surface area contributed by atoms with Gasteiger partial charge in [-0.25, -0.2) is 4.90 Å². The third-order valence-electron chi connectivity index (χ3n) is 5.54. The molecule has 3 aromatic carbocycles. The van der Waals surface area contributed by atoms with Gasteiger partial charge in [-0.3, -0.25) is 4.79 Å². The highest BCUT2D eigenvalue weighted by Crippen LogP contribution is 2.49. The molecule has 0 radical (unpaired) electrons. The van der Waals surface area contributed by atoms with Gasteiger partial charge in [0.15, 0.2) is 0 Å². The molecule has 2 heterocycles. The standard InChI is InChI=1S/C24H21NO3/c26-24-21-22(18-12-6-2-7-13-18)28-23(19-14-8-3-9-15-19)25(21)20(16-27-24)17-10-4-1-5-11-17/h1-15,20-23H,16H2/t20-,21+,22-,23+/m1/s1. The molecule has 3 aromatic rings. The molecule has 4 heteroatoms. The smallest absolute Gasteiger partial charge is 0.326 e. The molecule has 2 aliphatic heterocycles. The van der Waals surface area contributed by atoms with Gasteiger partial charge in [-0.15, -0.1) is 0 Å². The number of cyclic esters (lactones) is 1. The minimum Gasteiger partial charge on any atom is -0.462 e. The Morgan fingerprint density at radius 2 is 1.25 bits per heavy atom. The molecule has 5 rings (SSSR count). The first-order chi connectivity index (χ1) is 13.8. The summed E-state index contributed by atoms with van der Waals surface area (Å²) in [6.45, 7) is 0.327. The normalized spacial score (nSPS) is 27.2. The Bertz CT molecular complexity index is 945. The lowest BCUT2D eigenvalue weighted by molar-refractivity contribution is -0.163. The number of esters is 1. The van der Waals surface area contributed by atoms with Crippen LogP contribution in [0.4, 0.5) is 0 Å². The van der Waals surface area contributed by atoms with E-state index in [-0.39, 0.29) is 24.3 Å². The quantitative estimate of drug-likeness (QED) is 0.639. The number of ether oxygens (including phenoxy) is 2. The lowest BCUT2D eigenvalue weighted by atomic mass is 9.96. The Balaban J connectivity index is 1.61. The van der Waals surface area contributed by atoms with Crippen molar-refractivity contribution in [2.75, 3.05) is 6.61 Å². The number of hydrogen-bond acceptors (Lipinski definition) is 4. The van der Waals surface area contributed by atoms with E-state index in [2.05, 4.69) is 29.2 Å². The van der Waals surface area contributed by atoms with Gasteiger partial charge < -0.3 is 9.47 Å². The molecule has 0 N–H and O–H groups in total. The van der Waals surface area contributed by atoms with Gasteiger partial charge in [-0.05, 0) is 16.7 Å². The molecular formula is C24H21NO3. The topological polar surface area (TPSA) is 38.8 Å². The fourth-order valence-electron chi connectivity index (χ4n) is 4.24. The Labute approximate surface area is 164 Å². The molecule has 2 fully saturated rings. The third kappa shape index (κ3) is 2.91. The second-order valence-electron chi connectivity index (χ2n) is 7.18. The molecule has 4 atom stereocenters. The van der Waals surface area contributed by atoms with Crippen molar-refractivity contribution in [2.24, 2.45) is 0 Å². The minimum absolute atomic E-state index is 0.0529. The van der Waals surface area contributed by atoms with Crippen LogP contribution in [0.25, 0.3) is 0 Å². The molecule has 0 aliphatic carbocycles. The highest BCUT2D eigenvalue weighted by molar-refractivity contribution is 5.78. The van der Waals surface area contributed by atoms with Crippen molar-refractivity contribution in [3.05, 3.63) is 108 Å². The van der Waals surface area contributed by atoms with Crippen LogP contribution in [0.15, 0.2) is 91.0 Å². The SMILES string of the molecule is O=C1OC[C@H](c2ccccc2)N2[C@H]1[C@@H](c1ccccc1)O[C@H]2c1ccccc1. The van der Waals surface area contributed by atoms with E-state index < -0.39 is 6.04 Å². The van der Waals surface area contributed by atoms with E-state index in [1.165, 1.54) is 0 Å². The monoisotopic (exact) mass is 371 g/mol. The van der Waals surface area contributed by atoms with Crippen molar-refractivity contribution in [1.82, 2.24) is 4.90 Å². The highest BCUT2D eigenvalue weighted by Gasteiger charge is 2.54. The Morgan fingerprint density at radius 3 is 1.86 bits per heavy atom. The first kappa shape index (κ1) is 17.2. The van der Waals surface area contributed by atoms with E-state index in [1.54, 1.807) is 0 Å². The van der Waals surface area contributed by atoms with Crippen molar-refractivity contribution in [3.8, 4) is 0 Å². The fraction of sp³-hybridized carbons (Fsp3) is 0.208. The summed E-state index contributed by atoms with van der Waals surface area (Å²) in [5, 5.41) is 0. The zero-order chi connectivity index (χ0) is 18.9. The minimum atomic E-state index is -0.480. The predicted molar refractivity (Wildman–Crippen MR) is 105 cm³/mol. The van der Waals surface area contributed by atoms with Crippen LogP contribution >= 0.6 is 0 Å². The first-order valence-corrected chi connectivity index (χ1v) is 9.57. The lowest BCUT2D eigenvalue weighted by Gasteiger charge is -2.39.